The van der Waals surface area contributed by atoms with Crippen LogP contribution in [0.4, 0.5) is 15.4 Å². The van der Waals surface area contributed by atoms with E-state index in [0.29, 0.717) is 31.2 Å². The molecule has 2 amide bonds. The van der Waals surface area contributed by atoms with Crippen LogP contribution in [0, 0.1) is 0 Å². The van der Waals surface area contributed by atoms with Crippen molar-refractivity contribution < 1.29 is 23.8 Å². The molecule has 0 aliphatic carbocycles. The van der Waals surface area contributed by atoms with E-state index in [-0.39, 0.29) is 24.0 Å². The first kappa shape index (κ1) is 28.6. The quantitative estimate of drug-likeness (QED) is 0.595. The number of hydrazone groups is 1. The van der Waals surface area contributed by atoms with Crippen molar-refractivity contribution in [3.63, 3.8) is 0 Å². The Labute approximate surface area is 229 Å². The van der Waals surface area contributed by atoms with E-state index in [1.54, 1.807) is 22.7 Å². The van der Waals surface area contributed by atoms with Gasteiger partial charge in [-0.1, -0.05) is 0 Å². The summed E-state index contributed by atoms with van der Waals surface area (Å²) in [6.07, 6.45) is 4.21. The second kappa shape index (κ2) is 11.0. The Balaban J connectivity index is 1.71. The maximum atomic E-state index is 13.2. The molecular weight excluding hydrogens is 502 g/mol. The summed E-state index contributed by atoms with van der Waals surface area (Å²) >= 11 is 0. The van der Waals surface area contributed by atoms with E-state index in [1.165, 1.54) is 0 Å². The molecule has 1 fully saturated rings. The van der Waals surface area contributed by atoms with E-state index >= 15 is 0 Å². The number of amides is 2. The fourth-order valence-electron chi connectivity index (χ4n) is 4.90. The molecular formula is C27H41N7O5. The van der Waals surface area contributed by atoms with Gasteiger partial charge in [-0.25, -0.2) is 14.6 Å². The van der Waals surface area contributed by atoms with Crippen molar-refractivity contribution in [2.45, 2.75) is 83.5 Å². The highest BCUT2D eigenvalue weighted by atomic mass is 16.6. The Morgan fingerprint density at radius 3 is 2.41 bits per heavy atom. The Morgan fingerprint density at radius 2 is 1.79 bits per heavy atom. The van der Waals surface area contributed by atoms with Crippen LogP contribution in [0.25, 0.3) is 5.65 Å². The summed E-state index contributed by atoms with van der Waals surface area (Å²) in [6, 6.07) is 1.72. The van der Waals surface area contributed by atoms with E-state index in [2.05, 4.69) is 15.5 Å². The van der Waals surface area contributed by atoms with Crippen LogP contribution in [0.5, 0.6) is 0 Å². The zero-order valence-electron chi connectivity index (χ0n) is 24.2. The average Bonchev–Trinajstić information content (AvgIpc) is 3.43. The molecule has 1 unspecified atom stereocenters. The molecule has 2 aliphatic rings. The van der Waals surface area contributed by atoms with Crippen LogP contribution >= 0.6 is 0 Å². The lowest BCUT2D eigenvalue weighted by molar-refractivity contribution is -0.00536. The van der Waals surface area contributed by atoms with Crippen molar-refractivity contribution >= 4 is 29.9 Å². The normalized spacial score (nSPS) is 21.9. The van der Waals surface area contributed by atoms with Gasteiger partial charge in [-0.05, 0) is 54.4 Å². The van der Waals surface area contributed by atoms with Crippen molar-refractivity contribution in [1.29, 1.82) is 0 Å². The van der Waals surface area contributed by atoms with Crippen LogP contribution in [-0.2, 0) is 14.2 Å². The van der Waals surface area contributed by atoms with Crippen molar-refractivity contribution in [1.82, 2.24) is 24.5 Å². The Kier molecular flexibility index (Phi) is 8.06. The van der Waals surface area contributed by atoms with Crippen LogP contribution in [0.2, 0.25) is 0 Å². The van der Waals surface area contributed by atoms with Gasteiger partial charge in [-0.3, -0.25) is 10.3 Å². The summed E-state index contributed by atoms with van der Waals surface area (Å²) in [5.41, 5.74) is 1.02. The molecule has 214 valence electrons. The van der Waals surface area contributed by atoms with Crippen LogP contribution < -0.4 is 5.32 Å². The van der Waals surface area contributed by atoms with Crippen molar-refractivity contribution in [2.75, 3.05) is 39.2 Å². The highest BCUT2D eigenvalue weighted by Gasteiger charge is 2.36. The van der Waals surface area contributed by atoms with E-state index in [1.807, 2.05) is 65.9 Å². The standard InChI is InChI=1S/C27H41N7O5/c1-26(2,3)38-24(35)31-22-11-21(30-23-20(13-29-34(22)23)18-12-28-32(7)14-18)17-9-10-19(16-37-8)33(15-17)25(36)39-27(4,5)6/h11-13,17-19H,9-10,14-16H2,1-8H3,(H,31,35)/t17-,18?,19-/m0/s1. The van der Waals surface area contributed by atoms with Crippen molar-refractivity contribution in [3.05, 3.63) is 23.5 Å². The molecule has 4 heterocycles. The SMILES string of the molecule is COC[C@@H]1CC[C@H](c2cc(NC(=O)OC(C)(C)C)n3ncc(C4C=NN(C)C4)c3n2)CN1C(=O)OC(C)(C)C. The van der Waals surface area contributed by atoms with Crippen molar-refractivity contribution in [2.24, 2.45) is 5.10 Å². The topological polar surface area (TPSA) is 123 Å². The fourth-order valence-corrected chi connectivity index (χ4v) is 4.90. The van der Waals surface area contributed by atoms with Crippen molar-refractivity contribution in [3.8, 4) is 0 Å². The molecule has 12 nitrogen and oxygen atoms in total. The number of carbonyl (C=O) groups excluding carboxylic acids is 2. The summed E-state index contributed by atoms with van der Waals surface area (Å²) < 4.78 is 18.3. The highest BCUT2D eigenvalue weighted by Crippen LogP contribution is 2.33. The summed E-state index contributed by atoms with van der Waals surface area (Å²) in [5, 5.41) is 13.6. The molecule has 1 N–H and O–H groups in total. The number of carbonyl (C=O) groups is 2. The maximum absolute atomic E-state index is 13.2. The second-order valence-corrected chi connectivity index (χ2v) is 12.3. The number of piperidine rings is 1. The number of likely N-dealkylation sites (N-methyl/N-ethyl adjacent to an activating group) is 1. The molecule has 3 atom stereocenters. The number of hydrogen-bond donors (Lipinski definition) is 1. The van der Waals surface area contributed by atoms with Gasteiger partial charge in [-0.15, -0.1) is 0 Å². The van der Waals surface area contributed by atoms with Gasteiger partial charge in [0.05, 0.1) is 24.5 Å². The predicted octanol–water partition coefficient (Wildman–Crippen LogP) is 4.22. The summed E-state index contributed by atoms with van der Waals surface area (Å²) in [4.78, 5) is 32.7. The summed E-state index contributed by atoms with van der Waals surface area (Å²) in [7, 11) is 3.55. The number of nitrogens with zero attached hydrogens (tertiary/aromatic N) is 6. The number of hydrogen-bond acceptors (Lipinski definition) is 9. The van der Waals surface area contributed by atoms with Gasteiger partial charge in [0.15, 0.2) is 5.65 Å². The molecule has 1 saturated heterocycles. The zero-order chi connectivity index (χ0) is 28.5. The monoisotopic (exact) mass is 543 g/mol. The minimum absolute atomic E-state index is 0.0142. The van der Waals surface area contributed by atoms with Gasteiger partial charge in [0, 0.05) is 56.9 Å². The lowest BCUT2D eigenvalue weighted by Gasteiger charge is -2.39. The summed E-state index contributed by atoms with van der Waals surface area (Å²) in [6.45, 7) is 12.5. The molecule has 0 aromatic carbocycles. The fraction of sp³-hybridized carbons (Fsp3) is 0.667. The third kappa shape index (κ3) is 6.97. The number of aromatic nitrogens is 3. The van der Waals surface area contributed by atoms with Gasteiger partial charge in [0.1, 0.15) is 17.0 Å². The third-order valence-electron chi connectivity index (χ3n) is 6.56. The first-order chi connectivity index (χ1) is 18.2. The van der Waals surface area contributed by atoms with Crippen LogP contribution in [0.15, 0.2) is 17.4 Å². The molecule has 0 spiro atoms. The molecule has 2 aromatic rings. The molecule has 2 aromatic heterocycles. The first-order valence-electron chi connectivity index (χ1n) is 13.4. The van der Waals surface area contributed by atoms with Gasteiger partial charge < -0.3 is 19.1 Å². The Morgan fingerprint density at radius 1 is 1.08 bits per heavy atom. The maximum Gasteiger partial charge on any atom is 0.413 e. The lowest BCUT2D eigenvalue weighted by atomic mass is 9.90. The number of methoxy groups -OCH3 is 1. The highest BCUT2D eigenvalue weighted by molar-refractivity contribution is 5.84. The average molecular weight is 544 g/mol. The lowest BCUT2D eigenvalue weighted by Crippen LogP contribution is -2.50. The summed E-state index contributed by atoms with van der Waals surface area (Å²) in [5.74, 6) is 0.374. The van der Waals surface area contributed by atoms with Crippen LogP contribution in [0.3, 0.4) is 0 Å². The molecule has 2 aliphatic heterocycles. The minimum Gasteiger partial charge on any atom is -0.444 e. The number of likely N-dealkylation sites (tertiary alicyclic amines) is 1. The second-order valence-electron chi connectivity index (χ2n) is 12.3. The van der Waals surface area contributed by atoms with Gasteiger partial charge in [0.25, 0.3) is 0 Å². The number of nitrogens with one attached hydrogen (secondary N) is 1. The Bertz CT molecular complexity index is 1230. The van der Waals surface area contributed by atoms with Gasteiger partial charge >= 0.3 is 12.2 Å². The number of anilines is 1. The largest absolute Gasteiger partial charge is 0.444 e. The van der Waals surface area contributed by atoms with Crippen LogP contribution in [-0.4, -0.2) is 94.0 Å². The third-order valence-corrected chi connectivity index (χ3v) is 6.56. The van der Waals surface area contributed by atoms with Gasteiger partial charge in [0.2, 0.25) is 0 Å². The molecule has 39 heavy (non-hydrogen) atoms. The molecule has 12 heteroatoms. The predicted molar refractivity (Wildman–Crippen MR) is 147 cm³/mol. The van der Waals surface area contributed by atoms with E-state index in [9.17, 15) is 9.59 Å². The molecule has 0 radical (unpaired) electrons. The number of ether oxygens (including phenoxy) is 3. The number of rotatable bonds is 5. The minimum atomic E-state index is -0.660. The van der Waals surface area contributed by atoms with E-state index in [4.69, 9.17) is 19.2 Å². The first-order valence-corrected chi connectivity index (χ1v) is 13.4. The smallest absolute Gasteiger partial charge is 0.413 e. The van der Waals surface area contributed by atoms with Gasteiger partial charge in [-0.2, -0.15) is 14.7 Å². The zero-order valence-corrected chi connectivity index (χ0v) is 24.2. The molecule has 4 rings (SSSR count). The van der Waals surface area contributed by atoms with E-state index in [0.717, 1.165) is 24.1 Å². The molecule has 0 bridgehead atoms. The van der Waals surface area contributed by atoms with E-state index < -0.39 is 17.3 Å². The number of fused-ring (bicyclic) bond motifs is 1. The van der Waals surface area contributed by atoms with Crippen LogP contribution in [0.1, 0.15) is 77.5 Å². The molecule has 0 saturated carbocycles. The Hall–Kier alpha value is -3.41.